The number of nitrogens with zero attached hydrogens (tertiary/aromatic N) is 2. The van der Waals surface area contributed by atoms with Gasteiger partial charge in [0.15, 0.2) is 0 Å². The molecule has 1 amide bonds. The molecular weight excluding hydrogens is 574 g/mol. The van der Waals surface area contributed by atoms with Crippen molar-refractivity contribution in [3.05, 3.63) is 86.8 Å². The van der Waals surface area contributed by atoms with Crippen LogP contribution in [0.3, 0.4) is 0 Å². The number of methoxy groups -OCH3 is 1. The van der Waals surface area contributed by atoms with Gasteiger partial charge < -0.3 is 4.74 Å². The first-order valence-electron chi connectivity index (χ1n) is 9.71. The molecule has 0 aliphatic rings. The van der Waals surface area contributed by atoms with Crippen molar-refractivity contribution in [2.75, 3.05) is 18.0 Å². The summed E-state index contributed by atoms with van der Waals surface area (Å²) in [6.07, 6.45) is 1.48. The maximum Gasteiger partial charge on any atom is 0.264 e. The average Bonchev–Trinajstić information content (AvgIpc) is 2.79. The number of carbonyl (C=O) groups excluding carboxylic acids is 1. The topological polar surface area (TPSA) is 88.1 Å². The van der Waals surface area contributed by atoms with Crippen LogP contribution in [0, 0.1) is 6.92 Å². The largest absolute Gasteiger partial charge is 0.496 e. The molecular formula is C23H21Br2N3O4S. The minimum absolute atomic E-state index is 0.0157. The zero-order valence-corrected chi connectivity index (χ0v) is 21.8. The molecule has 0 unspecified atom stereocenters. The molecule has 0 spiro atoms. The van der Waals surface area contributed by atoms with Gasteiger partial charge in [0.1, 0.15) is 12.3 Å². The van der Waals surface area contributed by atoms with E-state index in [0.29, 0.717) is 15.9 Å². The van der Waals surface area contributed by atoms with Crippen LogP contribution in [-0.4, -0.2) is 34.2 Å². The fourth-order valence-electron chi connectivity index (χ4n) is 2.85. The van der Waals surface area contributed by atoms with Crippen LogP contribution in [0.25, 0.3) is 0 Å². The summed E-state index contributed by atoms with van der Waals surface area (Å²) in [5.41, 5.74) is 4.50. The molecule has 0 aliphatic carbocycles. The molecule has 3 aromatic rings. The molecule has 0 radical (unpaired) electrons. The zero-order chi connectivity index (χ0) is 24.0. The van der Waals surface area contributed by atoms with Gasteiger partial charge >= 0.3 is 0 Å². The van der Waals surface area contributed by atoms with Gasteiger partial charge in [-0.25, -0.2) is 13.8 Å². The maximum atomic E-state index is 13.5. The van der Waals surface area contributed by atoms with Crippen molar-refractivity contribution in [1.82, 2.24) is 5.43 Å². The van der Waals surface area contributed by atoms with Gasteiger partial charge in [-0.3, -0.25) is 9.10 Å². The van der Waals surface area contributed by atoms with Crippen molar-refractivity contribution in [2.24, 2.45) is 5.10 Å². The van der Waals surface area contributed by atoms with E-state index < -0.39 is 22.5 Å². The molecule has 10 heteroatoms. The number of rotatable bonds is 8. The molecule has 1 N–H and O–H groups in total. The minimum atomic E-state index is -4.06. The van der Waals surface area contributed by atoms with Crippen molar-refractivity contribution in [2.45, 2.75) is 11.8 Å². The summed E-state index contributed by atoms with van der Waals surface area (Å²) in [5.74, 6) is -0.0871. The van der Waals surface area contributed by atoms with Crippen LogP contribution < -0.4 is 14.5 Å². The zero-order valence-electron chi connectivity index (χ0n) is 17.8. The number of sulfonamides is 1. The molecule has 33 heavy (non-hydrogen) atoms. The van der Waals surface area contributed by atoms with Gasteiger partial charge in [-0.1, -0.05) is 45.8 Å². The first-order valence-corrected chi connectivity index (χ1v) is 12.7. The molecule has 0 heterocycles. The number of hydrazone groups is 1. The van der Waals surface area contributed by atoms with Crippen LogP contribution in [0.5, 0.6) is 5.75 Å². The van der Waals surface area contributed by atoms with Crippen LogP contribution in [0.4, 0.5) is 5.69 Å². The second-order valence-electron chi connectivity index (χ2n) is 6.99. The third-order valence-corrected chi connectivity index (χ3v) is 7.51. The van der Waals surface area contributed by atoms with E-state index in [2.05, 4.69) is 42.4 Å². The van der Waals surface area contributed by atoms with Crippen LogP contribution in [0.15, 0.2) is 85.7 Å². The highest BCUT2D eigenvalue weighted by Gasteiger charge is 2.28. The molecule has 0 atom stereocenters. The van der Waals surface area contributed by atoms with E-state index in [0.717, 1.165) is 19.9 Å². The Morgan fingerprint density at radius 2 is 1.73 bits per heavy atom. The van der Waals surface area contributed by atoms with E-state index in [1.54, 1.807) is 30.3 Å². The summed E-state index contributed by atoms with van der Waals surface area (Å²) in [6, 6.07) is 18.7. The summed E-state index contributed by atoms with van der Waals surface area (Å²) in [7, 11) is -2.57. The standard InChI is InChI=1S/C23H21Br2N3O4S/c1-16-3-9-19(10-4-16)28(33(30,31)20-11-12-22(32-2)21(25)13-20)15-23(29)27-26-14-17-5-7-18(24)8-6-17/h3-14H,15H2,1-2H3,(H,27,29)/b26-14-. The monoisotopic (exact) mass is 593 g/mol. The lowest BCUT2D eigenvalue weighted by Gasteiger charge is -2.24. The van der Waals surface area contributed by atoms with Crippen LogP contribution >= 0.6 is 31.9 Å². The summed E-state index contributed by atoms with van der Waals surface area (Å²) in [5, 5.41) is 3.94. The number of hydrogen-bond donors (Lipinski definition) is 1. The SMILES string of the molecule is COc1ccc(S(=O)(=O)N(CC(=O)N/N=C\c2ccc(Br)cc2)c2ccc(C)cc2)cc1Br. The van der Waals surface area contributed by atoms with Gasteiger partial charge in [0, 0.05) is 4.47 Å². The van der Waals surface area contributed by atoms with Crippen molar-refractivity contribution >= 4 is 59.7 Å². The highest BCUT2D eigenvalue weighted by molar-refractivity contribution is 9.10. The second kappa shape index (κ2) is 11.0. The minimum Gasteiger partial charge on any atom is -0.496 e. The molecule has 0 saturated carbocycles. The Bertz CT molecular complexity index is 1260. The van der Waals surface area contributed by atoms with Gasteiger partial charge in [0.2, 0.25) is 0 Å². The lowest BCUT2D eigenvalue weighted by molar-refractivity contribution is -0.119. The van der Waals surface area contributed by atoms with Gasteiger partial charge in [-0.05, 0) is 70.9 Å². The van der Waals surface area contributed by atoms with Crippen molar-refractivity contribution in [3.63, 3.8) is 0 Å². The Hall–Kier alpha value is -2.69. The van der Waals surface area contributed by atoms with Crippen LogP contribution in [0.2, 0.25) is 0 Å². The summed E-state index contributed by atoms with van der Waals surface area (Å²) < 4.78 is 34.6. The van der Waals surface area contributed by atoms with Gasteiger partial charge in [0.25, 0.3) is 15.9 Å². The van der Waals surface area contributed by atoms with Crippen LogP contribution in [-0.2, 0) is 14.8 Å². The number of benzene rings is 3. The molecule has 3 aromatic carbocycles. The predicted molar refractivity (Wildman–Crippen MR) is 136 cm³/mol. The molecule has 7 nitrogen and oxygen atoms in total. The molecule has 0 aromatic heterocycles. The van der Waals surface area contributed by atoms with Crippen molar-refractivity contribution < 1.29 is 17.9 Å². The van der Waals surface area contributed by atoms with Gasteiger partial charge in [-0.2, -0.15) is 5.10 Å². The third kappa shape index (κ3) is 6.43. The van der Waals surface area contributed by atoms with E-state index >= 15 is 0 Å². The smallest absolute Gasteiger partial charge is 0.264 e. The fraction of sp³-hybridized carbons (Fsp3) is 0.130. The van der Waals surface area contributed by atoms with Crippen LogP contribution in [0.1, 0.15) is 11.1 Å². The highest BCUT2D eigenvalue weighted by Crippen LogP contribution is 2.30. The molecule has 3 rings (SSSR count). The van der Waals surface area contributed by atoms with Gasteiger partial charge in [0.05, 0.1) is 28.4 Å². The number of anilines is 1. The van der Waals surface area contributed by atoms with E-state index in [1.807, 2.05) is 31.2 Å². The molecule has 0 saturated heterocycles. The Kier molecular flexibility index (Phi) is 8.28. The Balaban J connectivity index is 1.86. The molecule has 172 valence electrons. The highest BCUT2D eigenvalue weighted by atomic mass is 79.9. The Morgan fingerprint density at radius 3 is 2.33 bits per heavy atom. The quantitative estimate of drug-likeness (QED) is 0.298. The third-order valence-electron chi connectivity index (χ3n) is 4.59. The van der Waals surface area contributed by atoms with Crippen molar-refractivity contribution in [1.29, 1.82) is 0 Å². The Labute approximate surface area is 209 Å². The number of halogens is 2. The average molecular weight is 595 g/mol. The lowest BCUT2D eigenvalue weighted by Crippen LogP contribution is -2.39. The number of carbonyl (C=O) groups is 1. The molecule has 0 fully saturated rings. The van der Waals surface area contributed by atoms with Gasteiger partial charge in [-0.15, -0.1) is 0 Å². The second-order valence-corrected chi connectivity index (χ2v) is 10.6. The first-order chi connectivity index (χ1) is 15.7. The molecule has 0 bridgehead atoms. The number of amides is 1. The number of aryl methyl sites for hydroxylation is 1. The normalized spacial score (nSPS) is 11.4. The number of ether oxygens (including phenoxy) is 1. The van der Waals surface area contributed by atoms with E-state index in [1.165, 1.54) is 25.5 Å². The van der Waals surface area contributed by atoms with E-state index in [4.69, 9.17) is 4.74 Å². The number of nitrogens with one attached hydrogen (secondary N) is 1. The lowest BCUT2D eigenvalue weighted by atomic mass is 10.2. The summed E-state index contributed by atoms with van der Waals surface area (Å²) >= 11 is 6.67. The summed E-state index contributed by atoms with van der Waals surface area (Å²) in [6.45, 7) is 1.44. The van der Waals surface area contributed by atoms with E-state index in [-0.39, 0.29) is 4.90 Å². The van der Waals surface area contributed by atoms with E-state index in [9.17, 15) is 13.2 Å². The van der Waals surface area contributed by atoms with Crippen molar-refractivity contribution in [3.8, 4) is 5.75 Å². The molecule has 0 aliphatic heterocycles. The number of hydrogen-bond acceptors (Lipinski definition) is 5. The maximum absolute atomic E-state index is 13.5. The fourth-order valence-corrected chi connectivity index (χ4v) is 5.26. The first kappa shape index (κ1) is 24.9. The predicted octanol–water partition coefficient (Wildman–Crippen LogP) is 4.87. The summed E-state index contributed by atoms with van der Waals surface area (Å²) in [4.78, 5) is 12.6. The Morgan fingerprint density at radius 1 is 1.06 bits per heavy atom.